The number of carbonyl (C=O) groups excluding carboxylic acids is 1. The fraction of sp³-hybridized carbons (Fsp3) is 0.980. The summed E-state index contributed by atoms with van der Waals surface area (Å²) < 4.78 is 16.7. The van der Waals surface area contributed by atoms with E-state index < -0.39 is 55.0 Å². The number of nitrogens with two attached hydrogens (primary N) is 1. The Morgan fingerprint density at radius 3 is 1.28 bits per heavy atom. The zero-order chi connectivity index (χ0) is 44.8. The van der Waals surface area contributed by atoms with Gasteiger partial charge in [-0.1, -0.05) is 226 Å². The summed E-state index contributed by atoms with van der Waals surface area (Å²) in [6.45, 7) is 4.46. The fourth-order valence-electron chi connectivity index (χ4n) is 8.87. The number of methoxy groups -OCH3 is 1. The van der Waals surface area contributed by atoms with E-state index in [4.69, 9.17) is 19.9 Å². The van der Waals surface area contributed by atoms with Gasteiger partial charge >= 0.3 is 6.03 Å². The van der Waals surface area contributed by atoms with Crippen LogP contribution < -0.4 is 5.73 Å². The molecule has 61 heavy (non-hydrogen) atoms. The van der Waals surface area contributed by atoms with Crippen LogP contribution in [-0.4, -0.2) is 112 Å². The van der Waals surface area contributed by atoms with Crippen LogP contribution in [0.1, 0.15) is 239 Å². The van der Waals surface area contributed by atoms with Crippen molar-refractivity contribution >= 4 is 6.03 Å². The van der Waals surface area contributed by atoms with Crippen molar-refractivity contribution in [3.63, 3.8) is 0 Å². The predicted molar refractivity (Wildman–Crippen MR) is 250 cm³/mol. The summed E-state index contributed by atoms with van der Waals surface area (Å²) in [4.78, 5) is 14.2. The molecule has 1 rings (SSSR count). The van der Waals surface area contributed by atoms with E-state index in [0.29, 0.717) is 12.8 Å². The van der Waals surface area contributed by atoms with Gasteiger partial charge in [-0.2, -0.15) is 0 Å². The normalized spacial score (nSPS) is 20.8. The number of aliphatic hydroxyl groups is 5. The first-order valence-electron chi connectivity index (χ1n) is 25.9. The molecule has 11 nitrogen and oxygen atoms in total. The predicted octanol–water partition coefficient (Wildman–Crippen LogP) is 10.6. The highest BCUT2D eigenvalue weighted by atomic mass is 16.7. The van der Waals surface area contributed by atoms with Crippen LogP contribution in [0.4, 0.5) is 4.79 Å². The van der Waals surface area contributed by atoms with Gasteiger partial charge in [0.25, 0.3) is 0 Å². The molecule has 0 aromatic heterocycles. The zero-order valence-corrected chi connectivity index (χ0v) is 39.9. The first-order chi connectivity index (χ1) is 29.7. The monoisotopic (exact) mass is 873 g/mol. The molecule has 1 saturated heterocycles. The molecule has 0 unspecified atom stereocenters. The molecule has 0 bridgehead atoms. The molecule has 1 aliphatic heterocycles. The van der Waals surface area contributed by atoms with Gasteiger partial charge in [0.15, 0.2) is 6.29 Å². The molecule has 8 atom stereocenters. The van der Waals surface area contributed by atoms with Crippen molar-refractivity contribution in [1.29, 1.82) is 0 Å². The standard InChI is InChI=1S/C50H100N2O9/c1-4-6-8-10-12-14-16-18-19-20-21-22-23-24-25-26-27-29-31-33-35-37-39-52(50(51)58)42(40-60-49-48(57)47(56)46(55)44(61-49)41-59-3)45(54)43(53)38-36-34-32-30-28-17-15-13-11-9-7-5-2/h42-49,53-57H,4-41H2,1-3H3,(H2,51,58)/t42-,43+,44+,45-,46-,47-,48+,49+/m0/s1. The Morgan fingerprint density at radius 1 is 0.557 bits per heavy atom. The summed E-state index contributed by atoms with van der Waals surface area (Å²) in [6, 6.07) is -1.74. The molecule has 0 aliphatic carbocycles. The number of amides is 2. The average molecular weight is 873 g/mol. The SMILES string of the molecule is CCCCCCCCCCCCCCCCCCCCCCCCN(C(N)=O)[C@@H](CO[C@@H]1O[C@H](COC)[C@H](O)[C@H](O)[C@H]1O)[C@H](O)[C@H](O)CCCCCCCCCCCCCC. The van der Waals surface area contributed by atoms with Gasteiger partial charge in [-0.3, -0.25) is 0 Å². The molecule has 364 valence electrons. The number of hydrogen-bond acceptors (Lipinski definition) is 9. The van der Waals surface area contributed by atoms with Gasteiger partial charge in [0.05, 0.1) is 25.4 Å². The summed E-state index contributed by atoms with van der Waals surface area (Å²) in [5, 5.41) is 54.1. The molecule has 11 heteroatoms. The number of ether oxygens (including phenoxy) is 3. The van der Waals surface area contributed by atoms with E-state index in [2.05, 4.69) is 13.8 Å². The Morgan fingerprint density at radius 2 is 0.918 bits per heavy atom. The minimum atomic E-state index is -1.58. The van der Waals surface area contributed by atoms with Crippen LogP contribution in [0, 0.1) is 0 Å². The van der Waals surface area contributed by atoms with Crippen LogP contribution in [0.3, 0.4) is 0 Å². The average Bonchev–Trinajstić information content (AvgIpc) is 3.25. The number of unbranched alkanes of at least 4 members (excludes halogenated alkanes) is 32. The molecule has 1 aliphatic rings. The number of carbonyl (C=O) groups is 1. The molecule has 0 spiro atoms. The number of urea groups is 1. The first kappa shape index (κ1) is 58.0. The highest BCUT2D eigenvalue weighted by Gasteiger charge is 2.45. The second kappa shape index (κ2) is 40.5. The Bertz CT molecular complexity index is 964. The number of rotatable bonds is 44. The van der Waals surface area contributed by atoms with Gasteiger partial charge in [0, 0.05) is 13.7 Å². The van der Waals surface area contributed by atoms with Crippen LogP contribution in [0.2, 0.25) is 0 Å². The van der Waals surface area contributed by atoms with Crippen molar-refractivity contribution in [1.82, 2.24) is 4.90 Å². The van der Waals surface area contributed by atoms with E-state index in [0.717, 1.165) is 44.9 Å². The lowest BCUT2D eigenvalue weighted by atomic mass is 9.97. The maximum absolute atomic E-state index is 12.9. The van der Waals surface area contributed by atoms with Gasteiger partial charge in [0.1, 0.15) is 30.5 Å². The number of hydrogen-bond donors (Lipinski definition) is 6. The summed E-state index contributed by atoms with van der Waals surface area (Å²) in [7, 11) is 1.43. The van der Waals surface area contributed by atoms with Crippen LogP contribution in [0.15, 0.2) is 0 Å². The number of aliphatic hydroxyl groups excluding tert-OH is 5. The van der Waals surface area contributed by atoms with Crippen LogP contribution >= 0.6 is 0 Å². The maximum atomic E-state index is 12.9. The third kappa shape index (κ3) is 29.2. The van der Waals surface area contributed by atoms with Crippen molar-refractivity contribution in [3.05, 3.63) is 0 Å². The fourth-order valence-corrected chi connectivity index (χ4v) is 8.87. The molecule has 1 fully saturated rings. The van der Waals surface area contributed by atoms with Crippen molar-refractivity contribution in [2.75, 3.05) is 26.9 Å². The second-order valence-corrected chi connectivity index (χ2v) is 18.6. The van der Waals surface area contributed by atoms with Crippen LogP contribution in [0.5, 0.6) is 0 Å². The van der Waals surface area contributed by atoms with E-state index in [1.54, 1.807) is 0 Å². The maximum Gasteiger partial charge on any atom is 0.315 e. The van der Waals surface area contributed by atoms with Gasteiger partial charge < -0.3 is 50.4 Å². The molecular formula is C50H100N2O9. The lowest BCUT2D eigenvalue weighted by molar-refractivity contribution is -0.305. The van der Waals surface area contributed by atoms with Crippen molar-refractivity contribution < 1.29 is 44.5 Å². The highest BCUT2D eigenvalue weighted by molar-refractivity contribution is 5.72. The topological polar surface area (TPSA) is 175 Å². The molecule has 2 amide bonds. The lowest BCUT2D eigenvalue weighted by Gasteiger charge is -2.41. The number of primary amides is 1. The van der Waals surface area contributed by atoms with E-state index in [1.165, 1.54) is 179 Å². The van der Waals surface area contributed by atoms with Gasteiger partial charge in [0.2, 0.25) is 0 Å². The molecule has 0 aromatic rings. The zero-order valence-electron chi connectivity index (χ0n) is 39.9. The van der Waals surface area contributed by atoms with Gasteiger partial charge in [-0.15, -0.1) is 0 Å². The molecule has 0 saturated carbocycles. The molecule has 1 heterocycles. The van der Waals surface area contributed by atoms with E-state index in [-0.39, 0.29) is 19.8 Å². The molecular weight excluding hydrogens is 773 g/mol. The highest BCUT2D eigenvalue weighted by Crippen LogP contribution is 2.25. The molecule has 0 radical (unpaired) electrons. The Kier molecular flexibility index (Phi) is 38.4. The van der Waals surface area contributed by atoms with Crippen molar-refractivity contribution in [2.45, 2.75) is 288 Å². The molecule has 7 N–H and O–H groups in total. The third-order valence-electron chi connectivity index (χ3n) is 13.0. The van der Waals surface area contributed by atoms with Gasteiger partial charge in [-0.25, -0.2) is 4.79 Å². The third-order valence-corrected chi connectivity index (χ3v) is 13.0. The Labute approximate surface area is 374 Å². The van der Waals surface area contributed by atoms with Crippen molar-refractivity contribution in [3.8, 4) is 0 Å². The smallest absolute Gasteiger partial charge is 0.315 e. The summed E-state index contributed by atoms with van der Waals surface area (Å²) in [6.07, 6.45) is 33.7. The van der Waals surface area contributed by atoms with E-state index >= 15 is 0 Å². The van der Waals surface area contributed by atoms with Crippen LogP contribution in [0.25, 0.3) is 0 Å². The quantitative estimate of drug-likeness (QED) is 0.0326. The largest absolute Gasteiger partial charge is 0.390 e. The minimum Gasteiger partial charge on any atom is -0.390 e. The Balaban J connectivity index is 2.46. The molecule has 0 aromatic carbocycles. The Hall–Kier alpha value is -1.05. The summed E-state index contributed by atoms with van der Waals surface area (Å²) >= 11 is 0. The second-order valence-electron chi connectivity index (χ2n) is 18.6. The van der Waals surface area contributed by atoms with Gasteiger partial charge in [-0.05, 0) is 12.8 Å². The summed E-state index contributed by atoms with van der Waals surface area (Å²) in [5.41, 5.74) is 5.89. The van der Waals surface area contributed by atoms with E-state index in [1.807, 2.05) is 0 Å². The lowest BCUT2D eigenvalue weighted by Crippen LogP contribution is -2.61. The minimum absolute atomic E-state index is 0.0401. The number of nitrogens with zero attached hydrogens (tertiary/aromatic N) is 1. The first-order valence-corrected chi connectivity index (χ1v) is 25.9. The summed E-state index contributed by atoms with van der Waals surface area (Å²) in [5.74, 6) is 0. The van der Waals surface area contributed by atoms with E-state index in [9.17, 15) is 30.3 Å². The van der Waals surface area contributed by atoms with Crippen molar-refractivity contribution in [2.24, 2.45) is 5.73 Å². The van der Waals surface area contributed by atoms with Crippen LogP contribution in [-0.2, 0) is 14.2 Å².